The van der Waals surface area contributed by atoms with Gasteiger partial charge in [-0.2, -0.15) is 4.98 Å². The lowest BCUT2D eigenvalue weighted by Gasteiger charge is -2.22. The van der Waals surface area contributed by atoms with Crippen LogP contribution >= 0.6 is 0 Å². The molecule has 2 unspecified atom stereocenters. The van der Waals surface area contributed by atoms with Gasteiger partial charge >= 0.3 is 0 Å². The van der Waals surface area contributed by atoms with Crippen molar-refractivity contribution in [2.75, 3.05) is 35.5 Å². The Labute approximate surface area is 204 Å². The maximum atomic E-state index is 13.3. The van der Waals surface area contributed by atoms with E-state index in [1.807, 2.05) is 13.8 Å². The van der Waals surface area contributed by atoms with Gasteiger partial charge in [0.05, 0.1) is 35.5 Å². The van der Waals surface area contributed by atoms with Gasteiger partial charge in [0.2, 0.25) is 17.5 Å². The van der Waals surface area contributed by atoms with Gasteiger partial charge in [0.25, 0.3) is 5.91 Å². The summed E-state index contributed by atoms with van der Waals surface area (Å²) in [4.78, 5) is 17.9. The van der Waals surface area contributed by atoms with E-state index in [0.29, 0.717) is 40.1 Å². The second kappa shape index (κ2) is 11.5. The van der Waals surface area contributed by atoms with Crippen LogP contribution in [0.5, 0.6) is 28.7 Å². The topological polar surface area (TPSA) is 114 Å². The molecule has 0 aliphatic rings. The Hall–Kier alpha value is -3.95. The SMILES string of the molecule is CCC(C)C(NC(=O)c1c(OC)cccc1OC)c1nc(-c2cc(OC)c(OC)c(OC)c2)no1. The quantitative estimate of drug-likeness (QED) is 0.425. The molecule has 10 nitrogen and oxygen atoms in total. The molecule has 0 aliphatic heterocycles. The highest BCUT2D eigenvalue weighted by atomic mass is 16.5. The molecule has 3 rings (SSSR count). The number of carbonyl (C=O) groups is 1. The van der Waals surface area contributed by atoms with Crippen LogP contribution in [-0.2, 0) is 0 Å². The van der Waals surface area contributed by atoms with Crippen LogP contribution in [0.2, 0.25) is 0 Å². The van der Waals surface area contributed by atoms with Crippen LogP contribution in [0, 0.1) is 5.92 Å². The second-order valence-corrected chi connectivity index (χ2v) is 7.74. The lowest BCUT2D eigenvalue weighted by molar-refractivity contribution is 0.0903. The molecule has 0 saturated carbocycles. The Morgan fingerprint density at radius 2 is 1.51 bits per heavy atom. The Bertz CT molecular complexity index is 1110. The molecular formula is C25H31N3O7. The summed E-state index contributed by atoms with van der Waals surface area (Å²) in [5.74, 6) is 2.37. The molecule has 35 heavy (non-hydrogen) atoms. The summed E-state index contributed by atoms with van der Waals surface area (Å²) >= 11 is 0. The van der Waals surface area contributed by atoms with Crippen molar-refractivity contribution in [2.24, 2.45) is 5.92 Å². The first kappa shape index (κ1) is 25.7. The van der Waals surface area contributed by atoms with E-state index >= 15 is 0 Å². The number of hydrogen-bond acceptors (Lipinski definition) is 9. The van der Waals surface area contributed by atoms with Crippen LogP contribution in [0.1, 0.15) is 42.6 Å². The lowest BCUT2D eigenvalue weighted by atomic mass is 9.98. The van der Waals surface area contributed by atoms with E-state index < -0.39 is 6.04 Å². The Morgan fingerprint density at radius 1 is 0.943 bits per heavy atom. The average molecular weight is 486 g/mol. The molecule has 0 spiro atoms. The monoisotopic (exact) mass is 485 g/mol. The van der Waals surface area contributed by atoms with Gasteiger partial charge in [-0.05, 0) is 30.2 Å². The molecule has 1 heterocycles. The largest absolute Gasteiger partial charge is 0.496 e. The Balaban J connectivity index is 1.98. The highest BCUT2D eigenvalue weighted by Crippen LogP contribution is 2.41. The normalized spacial score (nSPS) is 12.4. The number of benzene rings is 2. The zero-order valence-electron chi connectivity index (χ0n) is 21.0. The Kier molecular flexibility index (Phi) is 8.40. The predicted octanol–water partition coefficient (Wildman–Crippen LogP) is 4.30. The highest BCUT2D eigenvalue weighted by Gasteiger charge is 2.29. The van der Waals surface area contributed by atoms with E-state index in [4.69, 9.17) is 28.2 Å². The van der Waals surface area contributed by atoms with Crippen LogP contribution in [0.3, 0.4) is 0 Å². The molecule has 2 atom stereocenters. The van der Waals surface area contributed by atoms with Gasteiger partial charge < -0.3 is 33.5 Å². The summed E-state index contributed by atoms with van der Waals surface area (Å²) in [6.45, 7) is 4.01. The standard InChI is InChI=1S/C25H31N3O7/c1-8-14(2)21(26-24(29)20-16(30-3)10-9-11-17(20)31-4)25-27-23(28-35-25)15-12-18(32-5)22(34-7)19(13-15)33-6/h9-14,21H,8H2,1-7H3,(H,26,29). The summed E-state index contributed by atoms with van der Waals surface area (Å²) < 4.78 is 32.6. The van der Waals surface area contributed by atoms with E-state index in [1.54, 1.807) is 30.3 Å². The van der Waals surface area contributed by atoms with Crippen LogP contribution in [-0.4, -0.2) is 51.6 Å². The van der Waals surface area contributed by atoms with Crippen LogP contribution in [0.25, 0.3) is 11.4 Å². The van der Waals surface area contributed by atoms with E-state index in [-0.39, 0.29) is 23.3 Å². The number of nitrogens with zero attached hydrogens (tertiary/aromatic N) is 2. The van der Waals surface area contributed by atoms with Crippen LogP contribution < -0.4 is 29.0 Å². The van der Waals surface area contributed by atoms with E-state index in [1.165, 1.54) is 35.5 Å². The van der Waals surface area contributed by atoms with Gasteiger partial charge in [-0.3, -0.25) is 4.79 Å². The third-order valence-corrected chi connectivity index (χ3v) is 5.79. The molecule has 188 valence electrons. The summed E-state index contributed by atoms with van der Waals surface area (Å²) in [7, 11) is 7.59. The van der Waals surface area contributed by atoms with Gasteiger partial charge in [-0.1, -0.05) is 31.5 Å². The van der Waals surface area contributed by atoms with E-state index in [9.17, 15) is 4.79 Å². The molecular weight excluding hydrogens is 454 g/mol. The minimum absolute atomic E-state index is 0.00658. The molecule has 1 amide bonds. The van der Waals surface area contributed by atoms with Crippen molar-refractivity contribution >= 4 is 5.91 Å². The molecule has 0 saturated heterocycles. The first-order valence-corrected chi connectivity index (χ1v) is 11.1. The average Bonchev–Trinajstić information content (AvgIpc) is 3.39. The number of rotatable bonds is 11. The maximum Gasteiger partial charge on any atom is 0.259 e. The number of hydrogen-bond donors (Lipinski definition) is 1. The van der Waals surface area contributed by atoms with E-state index in [0.717, 1.165) is 6.42 Å². The molecule has 3 aromatic rings. The molecule has 0 bridgehead atoms. The van der Waals surface area contributed by atoms with Gasteiger partial charge in [0.15, 0.2) is 11.5 Å². The fourth-order valence-corrected chi connectivity index (χ4v) is 3.66. The van der Waals surface area contributed by atoms with Crippen LogP contribution in [0.4, 0.5) is 0 Å². The van der Waals surface area contributed by atoms with Crippen molar-refractivity contribution in [1.29, 1.82) is 0 Å². The molecule has 0 radical (unpaired) electrons. The van der Waals surface area contributed by atoms with Crippen molar-refractivity contribution in [3.05, 3.63) is 41.8 Å². The summed E-state index contributed by atoms with van der Waals surface area (Å²) in [5.41, 5.74) is 0.894. The molecule has 1 N–H and O–H groups in total. The van der Waals surface area contributed by atoms with Crippen molar-refractivity contribution in [1.82, 2.24) is 15.5 Å². The van der Waals surface area contributed by atoms with Gasteiger partial charge in [-0.15, -0.1) is 0 Å². The molecule has 1 aromatic heterocycles. The Morgan fingerprint density at radius 3 is 2.00 bits per heavy atom. The van der Waals surface area contributed by atoms with Crippen LogP contribution in [0.15, 0.2) is 34.9 Å². The first-order valence-electron chi connectivity index (χ1n) is 11.1. The maximum absolute atomic E-state index is 13.3. The zero-order valence-corrected chi connectivity index (χ0v) is 21.0. The third-order valence-electron chi connectivity index (χ3n) is 5.79. The fraction of sp³-hybridized carbons (Fsp3) is 0.400. The minimum atomic E-state index is -0.551. The summed E-state index contributed by atoms with van der Waals surface area (Å²) in [5, 5.41) is 7.15. The number of carbonyl (C=O) groups excluding carboxylic acids is 1. The first-order chi connectivity index (χ1) is 16.9. The van der Waals surface area contributed by atoms with Gasteiger partial charge in [0, 0.05) is 5.56 Å². The third kappa shape index (κ3) is 5.26. The molecule has 0 aliphatic carbocycles. The number of amides is 1. The second-order valence-electron chi connectivity index (χ2n) is 7.74. The molecule has 0 fully saturated rings. The van der Waals surface area contributed by atoms with Gasteiger partial charge in [-0.25, -0.2) is 0 Å². The number of aromatic nitrogens is 2. The number of nitrogens with one attached hydrogen (secondary N) is 1. The van der Waals surface area contributed by atoms with E-state index in [2.05, 4.69) is 15.5 Å². The molecule has 2 aromatic carbocycles. The highest BCUT2D eigenvalue weighted by molar-refractivity contribution is 6.00. The fourth-order valence-electron chi connectivity index (χ4n) is 3.66. The van der Waals surface area contributed by atoms with Crippen molar-refractivity contribution in [2.45, 2.75) is 26.3 Å². The van der Waals surface area contributed by atoms with Gasteiger partial charge in [0.1, 0.15) is 23.1 Å². The predicted molar refractivity (Wildman–Crippen MR) is 129 cm³/mol. The zero-order chi connectivity index (χ0) is 25.5. The number of methoxy groups -OCH3 is 5. The van der Waals surface area contributed by atoms with Crippen molar-refractivity contribution in [3.8, 4) is 40.1 Å². The number of ether oxygens (including phenoxy) is 5. The minimum Gasteiger partial charge on any atom is -0.496 e. The van der Waals surface area contributed by atoms with Crippen molar-refractivity contribution in [3.63, 3.8) is 0 Å². The lowest BCUT2D eigenvalue weighted by Crippen LogP contribution is -2.33. The van der Waals surface area contributed by atoms with Crippen molar-refractivity contribution < 1.29 is 33.0 Å². The summed E-state index contributed by atoms with van der Waals surface area (Å²) in [6, 6.07) is 8.06. The smallest absolute Gasteiger partial charge is 0.259 e. The molecule has 10 heteroatoms. The summed E-state index contributed by atoms with van der Waals surface area (Å²) in [6.07, 6.45) is 0.760.